The van der Waals surface area contributed by atoms with Gasteiger partial charge in [0.1, 0.15) is 6.61 Å². The number of benzene rings is 2. The molecule has 3 N–H and O–H groups in total. The SMILES string of the molecule is CC(CC(=O)NC1CCCCC1C(=O)O)NC(=O)OCC1c2ccccc2-c2ccccc21. The van der Waals surface area contributed by atoms with Crippen LogP contribution in [0.5, 0.6) is 0 Å². The van der Waals surface area contributed by atoms with E-state index in [0.29, 0.717) is 12.8 Å². The van der Waals surface area contributed by atoms with Crippen molar-refractivity contribution in [2.24, 2.45) is 5.92 Å². The molecule has 2 aromatic carbocycles. The molecule has 0 saturated heterocycles. The Labute approximate surface area is 193 Å². The van der Waals surface area contributed by atoms with Crippen LogP contribution in [-0.4, -0.2) is 41.8 Å². The van der Waals surface area contributed by atoms with E-state index in [4.69, 9.17) is 4.74 Å². The summed E-state index contributed by atoms with van der Waals surface area (Å²) in [7, 11) is 0. The minimum Gasteiger partial charge on any atom is -0.481 e. The number of rotatable bonds is 7. The molecule has 3 unspecified atom stereocenters. The lowest BCUT2D eigenvalue weighted by atomic mass is 9.84. The number of aliphatic carboxylic acids is 1. The summed E-state index contributed by atoms with van der Waals surface area (Å²) in [6.07, 6.45) is 2.50. The molecule has 33 heavy (non-hydrogen) atoms. The van der Waals surface area contributed by atoms with Crippen molar-refractivity contribution in [2.45, 2.75) is 57.0 Å². The van der Waals surface area contributed by atoms with Crippen LogP contribution < -0.4 is 10.6 Å². The lowest BCUT2D eigenvalue weighted by Gasteiger charge is -2.29. The molecular formula is C26H30N2O5. The Balaban J connectivity index is 1.28. The van der Waals surface area contributed by atoms with Crippen molar-refractivity contribution in [3.05, 3.63) is 59.7 Å². The largest absolute Gasteiger partial charge is 0.481 e. The van der Waals surface area contributed by atoms with E-state index in [-0.39, 0.29) is 30.9 Å². The second kappa shape index (κ2) is 10.1. The van der Waals surface area contributed by atoms with Gasteiger partial charge < -0.3 is 20.5 Å². The number of amides is 2. The molecule has 7 nitrogen and oxygen atoms in total. The van der Waals surface area contributed by atoms with E-state index in [1.807, 2.05) is 24.3 Å². The third-order valence-electron chi connectivity index (χ3n) is 6.63. The first-order valence-corrected chi connectivity index (χ1v) is 11.6. The number of carbonyl (C=O) groups is 3. The fourth-order valence-corrected chi connectivity index (χ4v) is 5.04. The molecule has 0 spiro atoms. The highest BCUT2D eigenvalue weighted by molar-refractivity contribution is 5.80. The van der Waals surface area contributed by atoms with Crippen molar-refractivity contribution in [3.8, 4) is 11.1 Å². The highest BCUT2D eigenvalue weighted by atomic mass is 16.5. The topological polar surface area (TPSA) is 105 Å². The van der Waals surface area contributed by atoms with Crippen LogP contribution in [0.15, 0.2) is 48.5 Å². The fourth-order valence-electron chi connectivity index (χ4n) is 5.04. The Kier molecular flexibility index (Phi) is 6.96. The number of hydrogen-bond acceptors (Lipinski definition) is 4. The van der Waals surface area contributed by atoms with Gasteiger partial charge in [0.15, 0.2) is 0 Å². The molecule has 3 atom stereocenters. The summed E-state index contributed by atoms with van der Waals surface area (Å²) in [6, 6.07) is 15.5. The van der Waals surface area contributed by atoms with Gasteiger partial charge in [-0.3, -0.25) is 9.59 Å². The lowest BCUT2D eigenvalue weighted by Crippen LogP contribution is -2.47. The van der Waals surface area contributed by atoms with Crippen molar-refractivity contribution in [2.75, 3.05) is 6.61 Å². The number of hydrogen-bond donors (Lipinski definition) is 3. The maximum atomic E-state index is 12.4. The molecule has 1 saturated carbocycles. The summed E-state index contributed by atoms with van der Waals surface area (Å²) in [5.74, 6) is -1.71. The zero-order chi connectivity index (χ0) is 23.4. The Morgan fingerprint density at radius 2 is 1.61 bits per heavy atom. The lowest BCUT2D eigenvalue weighted by molar-refractivity contribution is -0.144. The van der Waals surface area contributed by atoms with Crippen LogP contribution in [0.25, 0.3) is 11.1 Å². The number of alkyl carbamates (subject to hydrolysis) is 1. The van der Waals surface area contributed by atoms with Gasteiger partial charge in [0.2, 0.25) is 5.91 Å². The molecule has 0 radical (unpaired) electrons. The second-order valence-electron chi connectivity index (χ2n) is 8.98. The number of carboxylic acid groups (broad SMARTS) is 1. The quantitative estimate of drug-likeness (QED) is 0.590. The fraction of sp³-hybridized carbons (Fsp3) is 0.423. The molecule has 7 heteroatoms. The smallest absolute Gasteiger partial charge is 0.407 e. The molecule has 4 rings (SSSR count). The van der Waals surface area contributed by atoms with E-state index >= 15 is 0 Å². The van der Waals surface area contributed by atoms with Gasteiger partial charge in [0, 0.05) is 24.4 Å². The molecule has 0 aromatic heterocycles. The third kappa shape index (κ3) is 5.18. The van der Waals surface area contributed by atoms with Gasteiger partial charge in [0.05, 0.1) is 5.92 Å². The Bertz CT molecular complexity index is 991. The average Bonchev–Trinajstić information content (AvgIpc) is 3.11. The Hall–Kier alpha value is -3.35. The minimum absolute atomic E-state index is 0.0268. The molecule has 2 aliphatic carbocycles. The molecule has 1 fully saturated rings. The van der Waals surface area contributed by atoms with Gasteiger partial charge in [0.25, 0.3) is 0 Å². The van der Waals surface area contributed by atoms with Crippen LogP contribution >= 0.6 is 0 Å². The van der Waals surface area contributed by atoms with Crippen molar-refractivity contribution >= 4 is 18.0 Å². The first-order valence-electron chi connectivity index (χ1n) is 11.6. The van der Waals surface area contributed by atoms with Crippen molar-refractivity contribution in [3.63, 3.8) is 0 Å². The summed E-state index contributed by atoms with van der Waals surface area (Å²) >= 11 is 0. The maximum Gasteiger partial charge on any atom is 0.407 e. The molecule has 2 amide bonds. The van der Waals surface area contributed by atoms with E-state index < -0.39 is 24.0 Å². The predicted octanol–water partition coefficient (Wildman–Crippen LogP) is 4.06. The van der Waals surface area contributed by atoms with Crippen molar-refractivity contribution < 1.29 is 24.2 Å². The first kappa shape index (κ1) is 22.8. The Morgan fingerprint density at radius 3 is 2.24 bits per heavy atom. The zero-order valence-electron chi connectivity index (χ0n) is 18.8. The summed E-state index contributed by atoms with van der Waals surface area (Å²) < 4.78 is 5.53. The standard InChI is InChI=1S/C26H30N2O5/c1-16(14-24(29)28-23-13-7-6-12-21(23)25(30)31)27-26(32)33-15-22-19-10-4-2-8-17(19)18-9-3-5-11-20(18)22/h2-5,8-11,16,21-23H,6-7,12-15H2,1H3,(H,27,32)(H,28,29)(H,30,31). The van der Waals surface area contributed by atoms with Crippen LogP contribution in [0, 0.1) is 5.92 Å². The van der Waals surface area contributed by atoms with Crippen LogP contribution in [0.2, 0.25) is 0 Å². The van der Waals surface area contributed by atoms with Crippen LogP contribution in [0.4, 0.5) is 4.79 Å². The predicted molar refractivity (Wildman–Crippen MR) is 124 cm³/mol. The second-order valence-corrected chi connectivity index (χ2v) is 8.98. The van der Waals surface area contributed by atoms with E-state index in [1.54, 1.807) is 6.92 Å². The van der Waals surface area contributed by atoms with E-state index in [1.165, 1.54) is 0 Å². The van der Waals surface area contributed by atoms with Crippen LogP contribution in [0.1, 0.15) is 56.1 Å². The van der Waals surface area contributed by atoms with Gasteiger partial charge in [-0.2, -0.15) is 0 Å². The normalized spacial score (nSPS) is 20.3. The van der Waals surface area contributed by atoms with Crippen LogP contribution in [-0.2, 0) is 14.3 Å². The maximum absolute atomic E-state index is 12.4. The number of carbonyl (C=O) groups excluding carboxylic acids is 2. The molecule has 0 bridgehead atoms. The summed E-state index contributed by atoms with van der Waals surface area (Å²) in [4.78, 5) is 36.2. The van der Waals surface area contributed by atoms with Crippen molar-refractivity contribution in [1.82, 2.24) is 10.6 Å². The molecule has 0 aliphatic heterocycles. The first-order chi connectivity index (χ1) is 15.9. The monoisotopic (exact) mass is 450 g/mol. The highest BCUT2D eigenvalue weighted by Crippen LogP contribution is 2.44. The number of carboxylic acids is 1. The summed E-state index contributed by atoms with van der Waals surface area (Å²) in [6.45, 7) is 1.94. The minimum atomic E-state index is -0.871. The molecule has 2 aliphatic rings. The molecule has 0 heterocycles. The average molecular weight is 451 g/mol. The Morgan fingerprint density at radius 1 is 1.00 bits per heavy atom. The highest BCUT2D eigenvalue weighted by Gasteiger charge is 2.32. The van der Waals surface area contributed by atoms with Gasteiger partial charge in [-0.05, 0) is 42.0 Å². The summed E-state index contributed by atoms with van der Waals surface area (Å²) in [5.41, 5.74) is 4.60. The van der Waals surface area contributed by atoms with Gasteiger partial charge in [-0.1, -0.05) is 61.4 Å². The van der Waals surface area contributed by atoms with Gasteiger partial charge in [-0.25, -0.2) is 4.79 Å². The zero-order valence-corrected chi connectivity index (χ0v) is 18.8. The van der Waals surface area contributed by atoms with Crippen LogP contribution in [0.3, 0.4) is 0 Å². The van der Waals surface area contributed by atoms with E-state index in [0.717, 1.165) is 35.1 Å². The van der Waals surface area contributed by atoms with Gasteiger partial charge >= 0.3 is 12.1 Å². The number of ether oxygens (including phenoxy) is 1. The van der Waals surface area contributed by atoms with E-state index in [2.05, 4.69) is 34.9 Å². The number of nitrogens with one attached hydrogen (secondary N) is 2. The third-order valence-corrected chi connectivity index (χ3v) is 6.63. The van der Waals surface area contributed by atoms with Gasteiger partial charge in [-0.15, -0.1) is 0 Å². The summed E-state index contributed by atoms with van der Waals surface area (Å²) in [5, 5.41) is 14.9. The van der Waals surface area contributed by atoms with E-state index in [9.17, 15) is 19.5 Å². The molecular weight excluding hydrogens is 420 g/mol. The molecule has 174 valence electrons. The molecule has 2 aromatic rings. The van der Waals surface area contributed by atoms with Crippen molar-refractivity contribution in [1.29, 1.82) is 0 Å². The number of fused-ring (bicyclic) bond motifs is 3.